The van der Waals surface area contributed by atoms with Crippen molar-refractivity contribution < 1.29 is 9.53 Å². The minimum absolute atomic E-state index is 0.0433. The van der Waals surface area contributed by atoms with Crippen molar-refractivity contribution in [3.05, 3.63) is 65.3 Å². The van der Waals surface area contributed by atoms with Crippen LogP contribution in [0.3, 0.4) is 0 Å². The summed E-state index contributed by atoms with van der Waals surface area (Å²) in [5, 5.41) is 0. The maximum absolute atomic E-state index is 13.0. The van der Waals surface area contributed by atoms with Crippen LogP contribution in [0.25, 0.3) is 0 Å². The van der Waals surface area contributed by atoms with E-state index < -0.39 is 0 Å². The molecule has 0 spiro atoms. The third-order valence-corrected chi connectivity index (χ3v) is 6.93. The van der Waals surface area contributed by atoms with E-state index in [1.807, 2.05) is 4.90 Å². The van der Waals surface area contributed by atoms with Gasteiger partial charge >= 0.3 is 0 Å². The standard InChI is InChI=1S/C25H32N4O2/c1-6-10-31-23-9-8-22(16(3)17(23)4)18(5)28-14-21-11-20(28)15-29(21)25(30)24-26-12-19(7-2)13-27-24/h6,8-9,12-13,18,20-21H,1,7,10-11,14-15H2,2-5H3/t18-,20-,21-/m0/s1. The van der Waals surface area contributed by atoms with Gasteiger partial charge in [0.15, 0.2) is 0 Å². The van der Waals surface area contributed by atoms with Gasteiger partial charge in [-0.2, -0.15) is 0 Å². The first-order valence-corrected chi connectivity index (χ1v) is 11.2. The predicted molar refractivity (Wildman–Crippen MR) is 121 cm³/mol. The van der Waals surface area contributed by atoms with Crippen molar-refractivity contribution in [2.45, 2.75) is 58.7 Å². The molecule has 2 aliphatic rings. The summed E-state index contributed by atoms with van der Waals surface area (Å²) in [5.74, 6) is 1.19. The summed E-state index contributed by atoms with van der Waals surface area (Å²) >= 11 is 0. The smallest absolute Gasteiger partial charge is 0.292 e. The number of benzene rings is 1. The highest BCUT2D eigenvalue weighted by atomic mass is 16.5. The highest BCUT2D eigenvalue weighted by molar-refractivity contribution is 5.91. The van der Waals surface area contributed by atoms with Crippen LogP contribution in [0, 0.1) is 13.8 Å². The van der Waals surface area contributed by atoms with Crippen molar-refractivity contribution >= 4 is 5.91 Å². The monoisotopic (exact) mass is 420 g/mol. The molecule has 4 rings (SSSR count). The van der Waals surface area contributed by atoms with E-state index >= 15 is 0 Å². The topological polar surface area (TPSA) is 58.6 Å². The molecule has 0 N–H and O–H groups in total. The number of hydrogen-bond acceptors (Lipinski definition) is 5. The van der Waals surface area contributed by atoms with Crippen LogP contribution in [0.5, 0.6) is 5.75 Å². The minimum atomic E-state index is -0.0433. The van der Waals surface area contributed by atoms with E-state index in [4.69, 9.17) is 4.74 Å². The molecule has 6 nitrogen and oxygen atoms in total. The first-order valence-electron chi connectivity index (χ1n) is 11.2. The van der Waals surface area contributed by atoms with Crippen molar-refractivity contribution in [3.8, 4) is 5.75 Å². The first kappa shape index (κ1) is 21.5. The third kappa shape index (κ3) is 3.97. The number of hydrogen-bond donors (Lipinski definition) is 0. The summed E-state index contributed by atoms with van der Waals surface area (Å²) in [6.07, 6.45) is 7.17. The number of likely N-dealkylation sites (tertiary alicyclic amines) is 2. The van der Waals surface area contributed by atoms with Crippen molar-refractivity contribution in [3.63, 3.8) is 0 Å². The van der Waals surface area contributed by atoms with Crippen LogP contribution in [-0.2, 0) is 6.42 Å². The van der Waals surface area contributed by atoms with Gasteiger partial charge in [0, 0.05) is 43.6 Å². The Morgan fingerprint density at radius 3 is 2.58 bits per heavy atom. The Kier molecular flexibility index (Phi) is 6.10. The Morgan fingerprint density at radius 2 is 1.97 bits per heavy atom. The van der Waals surface area contributed by atoms with Crippen molar-refractivity contribution in [1.82, 2.24) is 19.8 Å². The molecule has 164 valence electrons. The highest BCUT2D eigenvalue weighted by Crippen LogP contribution is 2.39. The molecule has 3 atom stereocenters. The molecular weight excluding hydrogens is 388 g/mol. The molecule has 1 aromatic carbocycles. The zero-order valence-electron chi connectivity index (χ0n) is 19.0. The molecule has 0 aliphatic carbocycles. The quantitative estimate of drug-likeness (QED) is 0.636. The second kappa shape index (κ2) is 8.79. The lowest BCUT2D eigenvalue weighted by Crippen LogP contribution is -2.49. The number of amides is 1. The highest BCUT2D eigenvalue weighted by Gasteiger charge is 2.47. The number of aryl methyl sites for hydroxylation is 1. The molecule has 1 aromatic heterocycles. The molecule has 31 heavy (non-hydrogen) atoms. The normalized spacial score (nSPS) is 21.4. The van der Waals surface area contributed by atoms with E-state index in [2.05, 4.69) is 61.3 Å². The van der Waals surface area contributed by atoms with Crippen LogP contribution in [-0.4, -0.2) is 57.5 Å². The Balaban J connectivity index is 1.45. The fourth-order valence-electron chi connectivity index (χ4n) is 4.95. The van der Waals surface area contributed by atoms with Crippen molar-refractivity contribution in [1.29, 1.82) is 0 Å². The molecule has 0 saturated carbocycles. The number of rotatable bonds is 7. The molecule has 1 amide bonds. The second-order valence-electron chi connectivity index (χ2n) is 8.64. The predicted octanol–water partition coefficient (Wildman–Crippen LogP) is 3.88. The van der Waals surface area contributed by atoms with E-state index in [0.29, 0.717) is 24.5 Å². The van der Waals surface area contributed by atoms with E-state index in [-0.39, 0.29) is 11.9 Å². The van der Waals surface area contributed by atoms with Crippen LogP contribution in [0.4, 0.5) is 0 Å². The van der Waals surface area contributed by atoms with Gasteiger partial charge in [-0.25, -0.2) is 9.97 Å². The summed E-state index contributed by atoms with van der Waals surface area (Å²) in [6.45, 7) is 14.5. The Bertz CT molecular complexity index is 972. The van der Waals surface area contributed by atoms with Gasteiger partial charge in [-0.15, -0.1) is 0 Å². The Morgan fingerprint density at radius 1 is 1.23 bits per heavy atom. The van der Waals surface area contributed by atoms with Crippen LogP contribution in [0.1, 0.15) is 59.2 Å². The zero-order chi connectivity index (χ0) is 22.1. The third-order valence-electron chi connectivity index (χ3n) is 6.93. The largest absolute Gasteiger partial charge is 0.489 e. The van der Waals surface area contributed by atoms with Gasteiger partial charge in [-0.05, 0) is 61.9 Å². The summed E-state index contributed by atoms with van der Waals surface area (Å²) in [6, 6.07) is 5.14. The van der Waals surface area contributed by atoms with Gasteiger partial charge in [-0.3, -0.25) is 9.69 Å². The lowest BCUT2D eigenvalue weighted by Gasteiger charge is -2.38. The maximum atomic E-state index is 13.0. The number of ether oxygens (including phenoxy) is 1. The van der Waals surface area contributed by atoms with Gasteiger partial charge in [0.05, 0.1) is 0 Å². The number of fused-ring (bicyclic) bond motifs is 2. The summed E-state index contributed by atoms with van der Waals surface area (Å²) < 4.78 is 5.79. The molecule has 2 aliphatic heterocycles. The Hall–Kier alpha value is -2.73. The molecule has 0 radical (unpaired) electrons. The fourth-order valence-corrected chi connectivity index (χ4v) is 4.95. The van der Waals surface area contributed by atoms with Crippen LogP contribution < -0.4 is 4.74 Å². The van der Waals surface area contributed by atoms with Crippen molar-refractivity contribution in [2.75, 3.05) is 19.7 Å². The molecule has 2 saturated heterocycles. The summed E-state index contributed by atoms with van der Waals surface area (Å²) in [4.78, 5) is 26.1. The SMILES string of the molecule is C=CCOc1ccc([C@H](C)N2C[C@@H]3C[C@H]2CN3C(=O)c2ncc(CC)cn2)c(C)c1C. The number of aromatic nitrogens is 2. The van der Waals surface area contributed by atoms with Crippen LogP contribution in [0.2, 0.25) is 0 Å². The number of piperazine rings is 1. The zero-order valence-corrected chi connectivity index (χ0v) is 19.0. The average molecular weight is 421 g/mol. The van der Waals surface area contributed by atoms with Gasteiger partial charge in [0.1, 0.15) is 12.4 Å². The van der Waals surface area contributed by atoms with Gasteiger partial charge in [-0.1, -0.05) is 25.6 Å². The van der Waals surface area contributed by atoms with E-state index in [9.17, 15) is 4.79 Å². The lowest BCUT2D eigenvalue weighted by atomic mass is 9.96. The minimum Gasteiger partial charge on any atom is -0.489 e. The van der Waals surface area contributed by atoms with E-state index in [1.54, 1.807) is 18.5 Å². The molecular formula is C25H32N4O2. The van der Waals surface area contributed by atoms with Gasteiger partial charge in [0.25, 0.3) is 5.91 Å². The number of nitrogens with zero attached hydrogens (tertiary/aromatic N) is 4. The van der Waals surface area contributed by atoms with E-state index in [0.717, 1.165) is 37.2 Å². The van der Waals surface area contributed by atoms with Gasteiger partial charge in [0.2, 0.25) is 5.82 Å². The van der Waals surface area contributed by atoms with E-state index in [1.165, 1.54) is 16.7 Å². The molecule has 6 heteroatoms. The second-order valence-corrected chi connectivity index (χ2v) is 8.64. The van der Waals surface area contributed by atoms with Crippen molar-refractivity contribution in [2.24, 2.45) is 0 Å². The lowest BCUT2D eigenvalue weighted by molar-refractivity contribution is 0.0557. The molecule has 0 unspecified atom stereocenters. The average Bonchev–Trinajstić information content (AvgIpc) is 3.40. The summed E-state index contributed by atoms with van der Waals surface area (Å²) in [7, 11) is 0. The Labute approximate surface area is 184 Å². The molecule has 2 fully saturated rings. The molecule has 3 heterocycles. The first-order chi connectivity index (χ1) is 14.9. The fraction of sp³-hybridized carbons (Fsp3) is 0.480. The molecule has 2 bridgehead atoms. The number of carbonyl (C=O) groups is 1. The van der Waals surface area contributed by atoms with Crippen LogP contribution in [0.15, 0.2) is 37.2 Å². The number of carbonyl (C=O) groups excluding carboxylic acids is 1. The van der Waals surface area contributed by atoms with Gasteiger partial charge < -0.3 is 9.64 Å². The molecule has 2 aromatic rings. The maximum Gasteiger partial charge on any atom is 0.292 e. The summed E-state index contributed by atoms with van der Waals surface area (Å²) in [5.41, 5.74) is 4.83. The van der Waals surface area contributed by atoms with Crippen LogP contribution >= 0.6 is 0 Å².